The van der Waals surface area contributed by atoms with Crippen molar-refractivity contribution in [3.63, 3.8) is 0 Å². The van der Waals surface area contributed by atoms with Crippen molar-refractivity contribution in [2.45, 2.75) is 6.42 Å². The summed E-state index contributed by atoms with van der Waals surface area (Å²) in [6.07, 6.45) is 0.573. The molecule has 7 heteroatoms. The third-order valence-corrected chi connectivity index (χ3v) is 3.24. The van der Waals surface area contributed by atoms with Crippen molar-refractivity contribution in [3.05, 3.63) is 75.3 Å². The molecule has 0 heterocycles. The van der Waals surface area contributed by atoms with Crippen LogP contribution in [0, 0.1) is 10.1 Å². The van der Waals surface area contributed by atoms with E-state index in [1.807, 2.05) is 30.3 Å². The van der Waals surface area contributed by atoms with Crippen LogP contribution in [0.25, 0.3) is 0 Å². The molecule has 0 unspecified atom stereocenters. The summed E-state index contributed by atoms with van der Waals surface area (Å²) in [6, 6.07) is 13.0. The molecule has 0 saturated carbocycles. The molecular formula is C16H14N2O5. The molecule has 7 nitrogen and oxygen atoms in total. The van der Waals surface area contributed by atoms with Crippen LogP contribution in [0.15, 0.2) is 48.5 Å². The Labute approximate surface area is 131 Å². The minimum Gasteiger partial charge on any atom is -0.477 e. The molecule has 0 bridgehead atoms. The van der Waals surface area contributed by atoms with E-state index in [4.69, 9.17) is 5.11 Å². The maximum Gasteiger partial charge on any atom is 0.343 e. The summed E-state index contributed by atoms with van der Waals surface area (Å²) in [5.74, 6) is -2.16. The molecule has 0 saturated heterocycles. The van der Waals surface area contributed by atoms with Crippen LogP contribution < -0.4 is 5.32 Å². The molecule has 0 atom stereocenters. The van der Waals surface area contributed by atoms with Gasteiger partial charge in [-0.1, -0.05) is 36.4 Å². The maximum atomic E-state index is 12.1. The summed E-state index contributed by atoms with van der Waals surface area (Å²) >= 11 is 0. The van der Waals surface area contributed by atoms with Gasteiger partial charge in [-0.2, -0.15) is 0 Å². The first-order valence-corrected chi connectivity index (χ1v) is 6.83. The minimum atomic E-state index is -1.51. The highest BCUT2D eigenvalue weighted by atomic mass is 16.6. The van der Waals surface area contributed by atoms with Crippen LogP contribution in [-0.2, 0) is 6.42 Å². The van der Waals surface area contributed by atoms with Gasteiger partial charge in [-0.15, -0.1) is 0 Å². The van der Waals surface area contributed by atoms with E-state index >= 15 is 0 Å². The van der Waals surface area contributed by atoms with Gasteiger partial charge in [0.1, 0.15) is 5.56 Å². The van der Waals surface area contributed by atoms with Gasteiger partial charge in [-0.25, -0.2) is 4.79 Å². The van der Waals surface area contributed by atoms with Crippen LogP contribution in [0.2, 0.25) is 0 Å². The average molecular weight is 314 g/mol. The van der Waals surface area contributed by atoms with E-state index in [9.17, 15) is 19.7 Å². The summed E-state index contributed by atoms with van der Waals surface area (Å²) < 4.78 is 0. The quantitative estimate of drug-likeness (QED) is 0.628. The average Bonchev–Trinajstić information content (AvgIpc) is 2.54. The molecule has 118 valence electrons. The fourth-order valence-corrected chi connectivity index (χ4v) is 2.17. The number of nitrogens with zero attached hydrogens (tertiary/aromatic N) is 1. The number of nitrogens with one attached hydrogen (secondary N) is 1. The van der Waals surface area contributed by atoms with Crippen LogP contribution in [0.3, 0.4) is 0 Å². The second kappa shape index (κ2) is 7.17. The number of aromatic carboxylic acids is 1. The number of amides is 1. The zero-order chi connectivity index (χ0) is 16.8. The number of carboxylic acids is 1. The van der Waals surface area contributed by atoms with E-state index in [0.29, 0.717) is 13.0 Å². The largest absolute Gasteiger partial charge is 0.477 e. The van der Waals surface area contributed by atoms with Crippen LogP contribution >= 0.6 is 0 Å². The summed E-state index contributed by atoms with van der Waals surface area (Å²) in [7, 11) is 0. The van der Waals surface area contributed by atoms with E-state index in [2.05, 4.69) is 5.32 Å². The SMILES string of the molecule is O=C(NCCc1ccccc1)c1cccc([N+](=O)[O-])c1C(=O)O. The van der Waals surface area contributed by atoms with E-state index < -0.39 is 28.1 Å². The Morgan fingerprint density at radius 2 is 1.78 bits per heavy atom. The van der Waals surface area contributed by atoms with Crippen molar-refractivity contribution in [1.82, 2.24) is 5.32 Å². The van der Waals surface area contributed by atoms with Gasteiger partial charge in [0.25, 0.3) is 11.6 Å². The van der Waals surface area contributed by atoms with Gasteiger partial charge in [-0.05, 0) is 18.1 Å². The highest BCUT2D eigenvalue weighted by Crippen LogP contribution is 2.22. The number of carbonyl (C=O) groups excluding carboxylic acids is 1. The molecule has 23 heavy (non-hydrogen) atoms. The molecule has 0 aliphatic carbocycles. The zero-order valence-corrected chi connectivity index (χ0v) is 12.1. The number of rotatable bonds is 6. The number of hydrogen-bond acceptors (Lipinski definition) is 4. The first-order valence-electron chi connectivity index (χ1n) is 6.83. The first kappa shape index (κ1) is 16.2. The molecule has 0 aromatic heterocycles. The first-order chi connectivity index (χ1) is 11.0. The van der Waals surface area contributed by atoms with E-state index in [1.54, 1.807) is 0 Å². The van der Waals surface area contributed by atoms with Crippen molar-refractivity contribution in [3.8, 4) is 0 Å². The lowest BCUT2D eigenvalue weighted by atomic mass is 10.0. The second-order valence-electron chi connectivity index (χ2n) is 4.75. The van der Waals surface area contributed by atoms with Crippen molar-refractivity contribution in [1.29, 1.82) is 0 Å². The van der Waals surface area contributed by atoms with Crippen molar-refractivity contribution >= 4 is 17.6 Å². The van der Waals surface area contributed by atoms with Crippen LogP contribution in [0.4, 0.5) is 5.69 Å². The van der Waals surface area contributed by atoms with Crippen LogP contribution in [0.1, 0.15) is 26.3 Å². The van der Waals surface area contributed by atoms with E-state index in [-0.39, 0.29) is 5.56 Å². The lowest BCUT2D eigenvalue weighted by Gasteiger charge is -2.08. The maximum absolute atomic E-state index is 12.1. The van der Waals surface area contributed by atoms with E-state index in [1.165, 1.54) is 12.1 Å². The fourth-order valence-electron chi connectivity index (χ4n) is 2.17. The van der Waals surface area contributed by atoms with Gasteiger partial charge in [-0.3, -0.25) is 14.9 Å². The number of hydrogen-bond donors (Lipinski definition) is 2. The topological polar surface area (TPSA) is 110 Å². The lowest BCUT2D eigenvalue weighted by Crippen LogP contribution is -2.27. The predicted molar refractivity (Wildman–Crippen MR) is 82.5 cm³/mol. The van der Waals surface area contributed by atoms with Gasteiger partial charge in [0.15, 0.2) is 0 Å². The summed E-state index contributed by atoms with van der Waals surface area (Å²) in [5.41, 5.74) is -0.409. The van der Waals surface area contributed by atoms with Gasteiger partial charge in [0.05, 0.1) is 10.5 Å². The van der Waals surface area contributed by atoms with Crippen molar-refractivity contribution in [2.24, 2.45) is 0 Å². The Morgan fingerprint density at radius 3 is 2.39 bits per heavy atom. The molecule has 0 aliphatic rings. The molecule has 1 amide bonds. The summed E-state index contributed by atoms with van der Waals surface area (Å²) in [6.45, 7) is 0.296. The number of carbonyl (C=O) groups is 2. The standard InChI is InChI=1S/C16H14N2O5/c19-15(17-10-9-11-5-2-1-3-6-11)12-7-4-8-13(18(22)23)14(12)16(20)21/h1-8H,9-10H2,(H,17,19)(H,20,21). The van der Waals surface area contributed by atoms with Crippen molar-refractivity contribution < 1.29 is 19.6 Å². The van der Waals surface area contributed by atoms with Crippen molar-refractivity contribution in [2.75, 3.05) is 6.54 Å². The van der Waals surface area contributed by atoms with Gasteiger partial charge in [0.2, 0.25) is 0 Å². The smallest absolute Gasteiger partial charge is 0.343 e. The van der Waals surface area contributed by atoms with Crippen LogP contribution in [0.5, 0.6) is 0 Å². The Bertz CT molecular complexity index is 743. The summed E-state index contributed by atoms with van der Waals surface area (Å²) in [4.78, 5) is 33.5. The number of nitro benzene ring substituents is 1. The lowest BCUT2D eigenvalue weighted by molar-refractivity contribution is -0.385. The predicted octanol–water partition coefficient (Wildman–Crippen LogP) is 2.27. The second-order valence-corrected chi connectivity index (χ2v) is 4.75. The molecule has 0 aliphatic heterocycles. The minimum absolute atomic E-state index is 0.222. The molecule has 0 radical (unpaired) electrons. The van der Waals surface area contributed by atoms with E-state index in [0.717, 1.165) is 11.6 Å². The summed E-state index contributed by atoms with van der Waals surface area (Å²) in [5, 5.41) is 22.7. The number of nitro groups is 1. The molecule has 2 aromatic rings. The Kier molecular flexibility index (Phi) is 5.03. The fraction of sp³-hybridized carbons (Fsp3) is 0.125. The molecular weight excluding hydrogens is 300 g/mol. The molecule has 2 aromatic carbocycles. The van der Waals surface area contributed by atoms with Crippen LogP contribution in [-0.4, -0.2) is 28.5 Å². The normalized spacial score (nSPS) is 10.1. The van der Waals surface area contributed by atoms with Gasteiger partial charge in [0, 0.05) is 12.6 Å². The third kappa shape index (κ3) is 3.91. The molecule has 2 N–H and O–H groups in total. The highest BCUT2D eigenvalue weighted by Gasteiger charge is 2.26. The molecule has 0 fully saturated rings. The zero-order valence-electron chi connectivity index (χ0n) is 12.1. The Morgan fingerprint density at radius 1 is 1.09 bits per heavy atom. The monoisotopic (exact) mass is 314 g/mol. The third-order valence-electron chi connectivity index (χ3n) is 3.24. The Hall–Kier alpha value is -3.22. The number of carboxylic acid groups (broad SMARTS) is 1. The van der Waals surface area contributed by atoms with Gasteiger partial charge < -0.3 is 10.4 Å². The highest BCUT2D eigenvalue weighted by molar-refractivity contribution is 6.07. The number of benzene rings is 2. The van der Waals surface area contributed by atoms with Gasteiger partial charge >= 0.3 is 5.97 Å². The molecule has 2 rings (SSSR count). The Balaban J connectivity index is 2.14. The molecule has 0 spiro atoms.